The number of nitrogens with zero attached hydrogens (tertiary/aromatic N) is 3. The fourth-order valence-corrected chi connectivity index (χ4v) is 2.85. The summed E-state index contributed by atoms with van der Waals surface area (Å²) in [5, 5.41) is 0. The molecule has 0 atom stereocenters. The fourth-order valence-electron chi connectivity index (χ4n) is 2.85. The number of ether oxygens (including phenoxy) is 1. The van der Waals surface area contributed by atoms with Crippen molar-refractivity contribution in [2.24, 2.45) is 0 Å². The minimum Gasteiger partial charge on any atom is -0.491 e. The van der Waals surface area contributed by atoms with Gasteiger partial charge in [0.1, 0.15) is 17.3 Å². The summed E-state index contributed by atoms with van der Waals surface area (Å²) in [7, 11) is 0. The third kappa shape index (κ3) is 1.86. The fraction of sp³-hybridized carbons (Fsp3) is 0.176. The van der Waals surface area contributed by atoms with Crippen molar-refractivity contribution in [3.8, 4) is 17.1 Å². The average molecular weight is 293 g/mol. The maximum absolute atomic E-state index is 12.4. The summed E-state index contributed by atoms with van der Waals surface area (Å²) >= 11 is 0. The predicted molar refractivity (Wildman–Crippen MR) is 83.1 cm³/mol. The molecule has 22 heavy (non-hydrogen) atoms. The molecular weight excluding hydrogens is 278 g/mol. The molecule has 1 aliphatic heterocycles. The standard InChI is InChI=1S/C17H15N3O2/c1-12-6-5-9-14-16(12)22-11-10-15-18-17(21)19(20(14)15)13-7-3-2-4-8-13/h2-9H,10-11H2,1H3. The number of hydrogen-bond donors (Lipinski definition) is 0. The Balaban J connectivity index is 2.07. The van der Waals surface area contributed by atoms with E-state index in [1.165, 1.54) is 0 Å². The lowest BCUT2D eigenvalue weighted by Gasteiger charge is -2.15. The third-order valence-electron chi connectivity index (χ3n) is 3.84. The normalized spacial score (nSPS) is 13.0. The van der Waals surface area contributed by atoms with Crippen molar-refractivity contribution in [2.45, 2.75) is 13.3 Å². The first-order valence-electron chi connectivity index (χ1n) is 7.25. The van der Waals surface area contributed by atoms with Crippen LogP contribution in [0.3, 0.4) is 0 Å². The molecule has 110 valence electrons. The van der Waals surface area contributed by atoms with E-state index in [1.54, 1.807) is 4.68 Å². The lowest BCUT2D eigenvalue weighted by Crippen LogP contribution is -2.21. The van der Waals surface area contributed by atoms with Crippen molar-refractivity contribution < 1.29 is 4.74 Å². The van der Waals surface area contributed by atoms with Gasteiger partial charge in [0.25, 0.3) is 0 Å². The molecule has 3 aromatic rings. The van der Waals surface area contributed by atoms with Crippen LogP contribution in [0, 0.1) is 6.92 Å². The van der Waals surface area contributed by atoms with Gasteiger partial charge in [-0.25, -0.2) is 9.48 Å². The average Bonchev–Trinajstić information content (AvgIpc) is 2.75. The van der Waals surface area contributed by atoms with Crippen LogP contribution in [0.15, 0.2) is 53.3 Å². The molecule has 0 fully saturated rings. The number of aromatic nitrogens is 3. The van der Waals surface area contributed by atoms with E-state index in [0.29, 0.717) is 13.0 Å². The van der Waals surface area contributed by atoms with Crippen LogP contribution >= 0.6 is 0 Å². The van der Waals surface area contributed by atoms with Gasteiger partial charge in [-0.15, -0.1) is 0 Å². The number of fused-ring (bicyclic) bond motifs is 3. The largest absolute Gasteiger partial charge is 0.491 e. The zero-order valence-electron chi connectivity index (χ0n) is 12.2. The van der Waals surface area contributed by atoms with Gasteiger partial charge in [-0.1, -0.05) is 30.3 Å². The molecule has 2 aromatic carbocycles. The molecular formula is C17H15N3O2. The quantitative estimate of drug-likeness (QED) is 0.691. The highest BCUT2D eigenvalue weighted by Gasteiger charge is 2.22. The number of rotatable bonds is 1. The van der Waals surface area contributed by atoms with Crippen molar-refractivity contribution in [1.29, 1.82) is 0 Å². The molecule has 0 amide bonds. The van der Waals surface area contributed by atoms with Gasteiger partial charge in [0.2, 0.25) is 0 Å². The number of benzene rings is 2. The second-order valence-corrected chi connectivity index (χ2v) is 5.29. The molecule has 0 spiro atoms. The van der Waals surface area contributed by atoms with Crippen LogP contribution in [-0.4, -0.2) is 21.0 Å². The molecule has 0 unspecified atom stereocenters. The zero-order chi connectivity index (χ0) is 15.1. The van der Waals surface area contributed by atoms with Crippen molar-refractivity contribution in [2.75, 3.05) is 6.61 Å². The van der Waals surface area contributed by atoms with Crippen LogP contribution in [0.4, 0.5) is 0 Å². The molecule has 1 aliphatic rings. The Morgan fingerprint density at radius 3 is 2.68 bits per heavy atom. The van der Waals surface area contributed by atoms with Crippen LogP contribution in [0.25, 0.3) is 11.4 Å². The third-order valence-corrected chi connectivity index (χ3v) is 3.84. The minimum absolute atomic E-state index is 0.268. The summed E-state index contributed by atoms with van der Waals surface area (Å²) in [5.74, 6) is 1.53. The van der Waals surface area contributed by atoms with Crippen molar-refractivity contribution in [1.82, 2.24) is 14.3 Å². The van der Waals surface area contributed by atoms with E-state index in [1.807, 2.05) is 60.1 Å². The summed E-state index contributed by atoms with van der Waals surface area (Å²) < 4.78 is 9.34. The van der Waals surface area contributed by atoms with E-state index in [0.717, 1.165) is 28.5 Å². The van der Waals surface area contributed by atoms with E-state index in [-0.39, 0.29) is 5.69 Å². The summed E-state index contributed by atoms with van der Waals surface area (Å²) in [4.78, 5) is 16.6. The van der Waals surface area contributed by atoms with Gasteiger partial charge in [-0.05, 0) is 30.7 Å². The topological polar surface area (TPSA) is 49.0 Å². The molecule has 0 aliphatic carbocycles. The van der Waals surface area contributed by atoms with Gasteiger partial charge in [-0.2, -0.15) is 9.67 Å². The monoisotopic (exact) mass is 293 g/mol. The van der Waals surface area contributed by atoms with Gasteiger partial charge in [0.05, 0.1) is 12.3 Å². The van der Waals surface area contributed by atoms with Crippen LogP contribution in [-0.2, 0) is 6.42 Å². The Labute approximate surface area is 127 Å². The number of aryl methyl sites for hydroxylation is 1. The van der Waals surface area contributed by atoms with Crippen molar-refractivity contribution >= 4 is 0 Å². The summed E-state index contributed by atoms with van der Waals surface area (Å²) in [6.45, 7) is 2.52. The van der Waals surface area contributed by atoms with Gasteiger partial charge >= 0.3 is 5.69 Å². The Morgan fingerprint density at radius 2 is 1.86 bits per heavy atom. The number of hydrogen-bond acceptors (Lipinski definition) is 3. The smallest absolute Gasteiger partial charge is 0.369 e. The number of para-hydroxylation sites is 2. The Kier molecular flexibility index (Phi) is 2.85. The lowest BCUT2D eigenvalue weighted by molar-refractivity contribution is 0.323. The van der Waals surface area contributed by atoms with E-state index < -0.39 is 0 Å². The van der Waals surface area contributed by atoms with Crippen LogP contribution in [0.1, 0.15) is 11.4 Å². The summed E-state index contributed by atoms with van der Waals surface area (Å²) in [5.41, 5.74) is 2.42. The molecule has 0 N–H and O–H groups in total. The van der Waals surface area contributed by atoms with E-state index in [9.17, 15) is 4.79 Å². The van der Waals surface area contributed by atoms with E-state index in [2.05, 4.69) is 4.98 Å². The Morgan fingerprint density at radius 1 is 1.05 bits per heavy atom. The molecule has 2 heterocycles. The molecule has 0 saturated carbocycles. The first-order valence-corrected chi connectivity index (χ1v) is 7.25. The highest BCUT2D eigenvalue weighted by molar-refractivity contribution is 5.53. The SMILES string of the molecule is Cc1cccc2c1OCCc1nc(=O)n(-c3ccccc3)n1-2. The molecule has 0 saturated heterocycles. The van der Waals surface area contributed by atoms with Gasteiger partial charge < -0.3 is 4.74 Å². The highest BCUT2D eigenvalue weighted by atomic mass is 16.5. The van der Waals surface area contributed by atoms with Crippen molar-refractivity contribution in [3.05, 3.63) is 70.4 Å². The van der Waals surface area contributed by atoms with Crippen LogP contribution < -0.4 is 10.4 Å². The first kappa shape index (κ1) is 12.9. The zero-order valence-corrected chi connectivity index (χ0v) is 12.2. The van der Waals surface area contributed by atoms with Gasteiger partial charge in [0.15, 0.2) is 0 Å². The maximum atomic E-state index is 12.4. The molecule has 0 bridgehead atoms. The molecule has 5 nitrogen and oxygen atoms in total. The molecule has 4 rings (SSSR count). The summed E-state index contributed by atoms with van der Waals surface area (Å²) in [6, 6.07) is 15.5. The first-order chi connectivity index (χ1) is 10.8. The maximum Gasteiger partial charge on any atom is 0.369 e. The van der Waals surface area contributed by atoms with Gasteiger partial charge in [-0.3, -0.25) is 0 Å². The van der Waals surface area contributed by atoms with Crippen LogP contribution in [0.5, 0.6) is 5.75 Å². The summed E-state index contributed by atoms with van der Waals surface area (Å²) in [6.07, 6.45) is 0.600. The van der Waals surface area contributed by atoms with Crippen LogP contribution in [0.2, 0.25) is 0 Å². The highest BCUT2D eigenvalue weighted by Crippen LogP contribution is 2.30. The minimum atomic E-state index is -0.268. The second-order valence-electron chi connectivity index (χ2n) is 5.29. The Bertz CT molecular complexity index is 894. The second kappa shape index (κ2) is 4.87. The lowest BCUT2D eigenvalue weighted by atomic mass is 10.2. The molecule has 1 aromatic heterocycles. The Hall–Kier alpha value is -2.82. The molecule has 0 radical (unpaired) electrons. The molecule has 5 heteroatoms. The van der Waals surface area contributed by atoms with Gasteiger partial charge in [0, 0.05) is 6.42 Å². The predicted octanol–water partition coefficient (Wildman–Crippen LogP) is 2.27. The van der Waals surface area contributed by atoms with E-state index in [4.69, 9.17) is 4.74 Å². The van der Waals surface area contributed by atoms with Crippen molar-refractivity contribution in [3.63, 3.8) is 0 Å². The van der Waals surface area contributed by atoms with E-state index >= 15 is 0 Å².